The van der Waals surface area contributed by atoms with Crippen LogP contribution in [0.15, 0.2) is 18.3 Å². The maximum Gasteiger partial charge on any atom is 0.0615 e. The number of ether oxygens (including phenoxy) is 2. The monoisotopic (exact) mass is 272 g/mol. The Kier molecular flexibility index (Phi) is 7.20. The van der Waals surface area contributed by atoms with Crippen LogP contribution in [0, 0.1) is 0 Å². The zero-order chi connectivity index (χ0) is 13.4. The lowest BCUT2D eigenvalue weighted by atomic mass is 10.2. The summed E-state index contributed by atoms with van der Waals surface area (Å²) in [6.07, 6.45) is 1.73. The van der Waals surface area contributed by atoms with Gasteiger partial charge in [-0.15, -0.1) is 0 Å². The first-order valence-corrected chi connectivity index (χ1v) is 6.37. The molecule has 0 saturated heterocycles. The number of hydrogen-bond acceptors (Lipinski definition) is 4. The summed E-state index contributed by atoms with van der Waals surface area (Å²) in [6.45, 7) is 5.09. The molecular weight excluding hydrogens is 252 g/mol. The molecule has 1 heterocycles. The van der Waals surface area contributed by atoms with E-state index in [1.165, 1.54) is 0 Å². The Labute approximate surface area is 114 Å². The molecule has 0 aliphatic carbocycles. The van der Waals surface area contributed by atoms with Crippen LogP contribution in [0.1, 0.15) is 12.6 Å². The summed E-state index contributed by atoms with van der Waals surface area (Å²) in [5, 5.41) is 0.714. The van der Waals surface area contributed by atoms with Gasteiger partial charge in [0.15, 0.2) is 0 Å². The summed E-state index contributed by atoms with van der Waals surface area (Å²) in [6, 6.07) is 3.98. The smallest absolute Gasteiger partial charge is 0.0615 e. The van der Waals surface area contributed by atoms with Crippen molar-refractivity contribution < 1.29 is 9.47 Å². The van der Waals surface area contributed by atoms with Crippen molar-refractivity contribution in [1.29, 1.82) is 0 Å². The van der Waals surface area contributed by atoms with Gasteiger partial charge in [-0.25, -0.2) is 0 Å². The lowest BCUT2D eigenvalue weighted by Gasteiger charge is -2.28. The summed E-state index contributed by atoms with van der Waals surface area (Å²) in [5.41, 5.74) is 0.960. The third kappa shape index (κ3) is 5.31. The average molecular weight is 273 g/mol. The molecule has 1 aromatic heterocycles. The predicted molar refractivity (Wildman–Crippen MR) is 72.9 cm³/mol. The molecular formula is C13H21ClN2O2. The lowest BCUT2D eigenvalue weighted by molar-refractivity contribution is 0.0698. The molecule has 0 radical (unpaired) electrons. The van der Waals surface area contributed by atoms with Gasteiger partial charge in [-0.1, -0.05) is 11.6 Å². The van der Waals surface area contributed by atoms with Gasteiger partial charge in [0, 0.05) is 44.6 Å². The molecule has 18 heavy (non-hydrogen) atoms. The SMILES string of the molecule is COCCN(Cc1cc(Cl)ccn1)C(C)COC. The highest BCUT2D eigenvalue weighted by Gasteiger charge is 2.14. The van der Waals surface area contributed by atoms with Gasteiger partial charge in [0.05, 0.1) is 18.9 Å². The number of hydrogen-bond donors (Lipinski definition) is 0. The first-order chi connectivity index (χ1) is 8.67. The van der Waals surface area contributed by atoms with Crippen molar-refractivity contribution in [2.45, 2.75) is 19.5 Å². The molecule has 1 rings (SSSR count). The molecule has 5 heteroatoms. The Hall–Kier alpha value is -0.680. The van der Waals surface area contributed by atoms with E-state index in [0.29, 0.717) is 24.3 Å². The highest BCUT2D eigenvalue weighted by atomic mass is 35.5. The van der Waals surface area contributed by atoms with Crippen molar-refractivity contribution in [3.8, 4) is 0 Å². The van der Waals surface area contributed by atoms with Crippen molar-refractivity contribution in [3.05, 3.63) is 29.0 Å². The van der Waals surface area contributed by atoms with Crippen molar-refractivity contribution >= 4 is 11.6 Å². The van der Waals surface area contributed by atoms with Crippen LogP contribution in [0.5, 0.6) is 0 Å². The molecule has 1 atom stereocenters. The summed E-state index contributed by atoms with van der Waals surface area (Å²) < 4.78 is 10.3. The standard InChI is InChI=1S/C13H21ClN2O2/c1-11(10-18-3)16(6-7-17-2)9-13-8-12(14)4-5-15-13/h4-5,8,11H,6-7,9-10H2,1-3H3. The predicted octanol–water partition coefficient (Wildman–Crippen LogP) is 2.22. The fraction of sp³-hybridized carbons (Fsp3) is 0.615. The fourth-order valence-electron chi connectivity index (χ4n) is 1.75. The topological polar surface area (TPSA) is 34.6 Å². The largest absolute Gasteiger partial charge is 0.383 e. The number of nitrogens with zero attached hydrogens (tertiary/aromatic N) is 2. The molecule has 0 aliphatic heterocycles. The molecule has 0 aromatic carbocycles. The van der Waals surface area contributed by atoms with E-state index in [-0.39, 0.29) is 0 Å². The van der Waals surface area contributed by atoms with Gasteiger partial charge in [0.1, 0.15) is 0 Å². The molecule has 0 spiro atoms. The molecule has 4 nitrogen and oxygen atoms in total. The second-order valence-electron chi connectivity index (χ2n) is 4.23. The van der Waals surface area contributed by atoms with Crippen molar-refractivity contribution in [3.63, 3.8) is 0 Å². The lowest BCUT2D eigenvalue weighted by Crippen LogP contribution is -2.38. The second-order valence-corrected chi connectivity index (χ2v) is 4.67. The third-order valence-electron chi connectivity index (χ3n) is 2.76. The van der Waals surface area contributed by atoms with E-state index in [2.05, 4.69) is 16.8 Å². The summed E-state index contributed by atoms with van der Waals surface area (Å²) >= 11 is 5.97. The van der Waals surface area contributed by atoms with Gasteiger partial charge in [0.25, 0.3) is 0 Å². The van der Waals surface area contributed by atoms with E-state index < -0.39 is 0 Å². The van der Waals surface area contributed by atoms with E-state index >= 15 is 0 Å². The van der Waals surface area contributed by atoms with Crippen LogP contribution in [0.2, 0.25) is 5.02 Å². The fourth-order valence-corrected chi connectivity index (χ4v) is 1.94. The molecule has 102 valence electrons. The average Bonchev–Trinajstić information content (AvgIpc) is 2.34. The van der Waals surface area contributed by atoms with Crippen molar-refractivity contribution in [2.24, 2.45) is 0 Å². The maximum absolute atomic E-state index is 5.97. The minimum atomic E-state index is 0.311. The highest BCUT2D eigenvalue weighted by molar-refractivity contribution is 6.30. The Morgan fingerprint density at radius 3 is 2.78 bits per heavy atom. The van der Waals surface area contributed by atoms with Gasteiger partial charge in [-0.05, 0) is 19.1 Å². The van der Waals surface area contributed by atoms with E-state index in [9.17, 15) is 0 Å². The van der Waals surface area contributed by atoms with Gasteiger partial charge in [-0.3, -0.25) is 9.88 Å². The number of aromatic nitrogens is 1. The summed E-state index contributed by atoms with van der Waals surface area (Å²) in [4.78, 5) is 6.59. The normalized spacial score (nSPS) is 12.9. The van der Waals surface area contributed by atoms with Crippen LogP contribution in [-0.4, -0.2) is 49.9 Å². The first-order valence-electron chi connectivity index (χ1n) is 5.99. The quantitative estimate of drug-likeness (QED) is 0.727. The van der Waals surface area contributed by atoms with Crippen molar-refractivity contribution in [1.82, 2.24) is 9.88 Å². The van der Waals surface area contributed by atoms with Crippen LogP contribution >= 0.6 is 11.6 Å². The van der Waals surface area contributed by atoms with Gasteiger partial charge < -0.3 is 9.47 Å². The van der Waals surface area contributed by atoms with E-state index in [1.807, 2.05) is 6.07 Å². The van der Waals surface area contributed by atoms with E-state index in [0.717, 1.165) is 18.8 Å². The second kappa shape index (κ2) is 8.43. The molecule has 1 aromatic rings. The molecule has 0 aliphatic rings. The minimum Gasteiger partial charge on any atom is -0.383 e. The Balaban J connectivity index is 2.64. The van der Waals surface area contributed by atoms with E-state index in [4.69, 9.17) is 21.1 Å². The molecule has 0 N–H and O–H groups in total. The Morgan fingerprint density at radius 2 is 2.17 bits per heavy atom. The number of rotatable bonds is 8. The Morgan fingerprint density at radius 1 is 1.39 bits per heavy atom. The maximum atomic E-state index is 5.97. The molecule has 1 unspecified atom stereocenters. The molecule has 0 bridgehead atoms. The zero-order valence-electron chi connectivity index (χ0n) is 11.2. The highest BCUT2D eigenvalue weighted by Crippen LogP contribution is 2.12. The number of methoxy groups -OCH3 is 2. The third-order valence-corrected chi connectivity index (χ3v) is 2.99. The number of halogens is 1. The van der Waals surface area contributed by atoms with Crippen LogP contribution < -0.4 is 0 Å². The van der Waals surface area contributed by atoms with Gasteiger partial charge in [-0.2, -0.15) is 0 Å². The molecule has 0 fully saturated rings. The summed E-state index contributed by atoms with van der Waals surface area (Å²) in [5.74, 6) is 0. The summed E-state index contributed by atoms with van der Waals surface area (Å²) in [7, 11) is 3.42. The van der Waals surface area contributed by atoms with Crippen LogP contribution in [0.3, 0.4) is 0 Å². The van der Waals surface area contributed by atoms with Gasteiger partial charge >= 0.3 is 0 Å². The zero-order valence-corrected chi connectivity index (χ0v) is 12.0. The van der Waals surface area contributed by atoms with Crippen LogP contribution in [0.4, 0.5) is 0 Å². The Bertz CT molecular complexity index is 350. The first kappa shape index (κ1) is 15.4. The van der Waals surface area contributed by atoms with Crippen molar-refractivity contribution in [2.75, 3.05) is 34.0 Å². The van der Waals surface area contributed by atoms with Crippen LogP contribution in [0.25, 0.3) is 0 Å². The number of pyridine rings is 1. The molecule has 0 amide bonds. The van der Waals surface area contributed by atoms with E-state index in [1.54, 1.807) is 26.5 Å². The minimum absolute atomic E-state index is 0.311. The molecule has 0 saturated carbocycles. The van der Waals surface area contributed by atoms with Gasteiger partial charge in [0.2, 0.25) is 0 Å². The van der Waals surface area contributed by atoms with Crippen LogP contribution in [-0.2, 0) is 16.0 Å².